The van der Waals surface area contributed by atoms with Crippen LogP contribution in [0, 0.1) is 11.8 Å². The second-order valence-corrected chi connectivity index (χ2v) is 6.65. The zero-order chi connectivity index (χ0) is 16.1. The van der Waals surface area contributed by atoms with Crippen LogP contribution in [-0.4, -0.2) is 10.5 Å². The van der Waals surface area contributed by atoms with E-state index in [9.17, 15) is 9.59 Å². The van der Waals surface area contributed by atoms with Gasteiger partial charge in [-0.05, 0) is 48.4 Å². The van der Waals surface area contributed by atoms with Crippen molar-refractivity contribution in [2.45, 2.75) is 84.5 Å². The summed E-state index contributed by atoms with van der Waals surface area (Å²) in [7, 11) is 0. The van der Waals surface area contributed by atoms with Crippen molar-refractivity contribution in [3.8, 4) is 0 Å². The molecule has 0 aliphatic rings. The smallest absolute Gasteiger partial charge is 0.224 e. The molecule has 2 atom stereocenters. The van der Waals surface area contributed by atoms with Crippen LogP contribution in [-0.2, 0) is 9.59 Å². The summed E-state index contributed by atoms with van der Waals surface area (Å²) in [5.41, 5.74) is 0. The molecule has 0 N–H and O–H groups in total. The molecular weight excluding hydrogens is 307 g/mol. The van der Waals surface area contributed by atoms with Gasteiger partial charge >= 0.3 is 0 Å². The van der Waals surface area contributed by atoms with Crippen LogP contribution in [0.15, 0.2) is 0 Å². The zero-order valence-corrected chi connectivity index (χ0v) is 15.0. The molecule has 0 aromatic heterocycles. The Morgan fingerprint density at radius 3 is 1.76 bits per heavy atom. The Hall–Kier alpha value is -0.0800. The largest absolute Gasteiger partial charge is 0.281 e. The lowest BCUT2D eigenvalue weighted by Crippen LogP contribution is -2.19. The lowest BCUT2D eigenvalue weighted by atomic mass is 9.84. The Balaban J connectivity index is 3.60. The maximum Gasteiger partial charge on any atom is 0.224 e. The summed E-state index contributed by atoms with van der Waals surface area (Å²) >= 11 is 11.0. The minimum atomic E-state index is -0.222. The second-order valence-electron chi connectivity index (χ2n) is 5.86. The minimum Gasteiger partial charge on any atom is -0.281 e. The number of halogens is 2. The fourth-order valence-electron chi connectivity index (χ4n) is 2.92. The van der Waals surface area contributed by atoms with E-state index in [0.717, 1.165) is 32.1 Å². The second kappa shape index (κ2) is 13.6. The molecule has 0 saturated carbocycles. The van der Waals surface area contributed by atoms with Crippen LogP contribution in [0.1, 0.15) is 84.5 Å². The van der Waals surface area contributed by atoms with E-state index in [2.05, 4.69) is 6.92 Å². The topological polar surface area (TPSA) is 34.1 Å². The SMILES string of the molecule is CCC(CCCCCCCCCC(=O)Cl)C(CC)C(=O)Cl. The first kappa shape index (κ1) is 20.9. The van der Waals surface area contributed by atoms with Crippen LogP contribution in [0.4, 0.5) is 0 Å². The van der Waals surface area contributed by atoms with Gasteiger partial charge in [-0.3, -0.25) is 9.59 Å². The Kier molecular flexibility index (Phi) is 13.5. The van der Waals surface area contributed by atoms with Crippen LogP contribution < -0.4 is 0 Å². The standard InChI is InChI=1S/C17H30Cl2O2/c1-3-14(15(4-2)17(19)21)12-10-8-6-5-7-9-11-13-16(18)20/h14-15H,3-13H2,1-2H3. The first-order valence-electron chi connectivity index (χ1n) is 8.40. The number of unbranched alkanes of at least 4 members (excludes halogenated alkanes) is 6. The van der Waals surface area contributed by atoms with E-state index in [4.69, 9.17) is 23.2 Å². The van der Waals surface area contributed by atoms with Crippen LogP contribution in [0.5, 0.6) is 0 Å². The molecule has 0 rings (SSSR count). The van der Waals surface area contributed by atoms with Crippen molar-refractivity contribution in [1.29, 1.82) is 0 Å². The van der Waals surface area contributed by atoms with E-state index in [-0.39, 0.29) is 16.4 Å². The highest BCUT2D eigenvalue weighted by Gasteiger charge is 2.23. The van der Waals surface area contributed by atoms with Crippen LogP contribution in [0.2, 0.25) is 0 Å². The van der Waals surface area contributed by atoms with Gasteiger partial charge in [0.05, 0.1) is 0 Å². The van der Waals surface area contributed by atoms with Crippen molar-refractivity contribution >= 4 is 33.7 Å². The molecule has 21 heavy (non-hydrogen) atoms. The Morgan fingerprint density at radius 2 is 1.33 bits per heavy atom. The number of carbonyl (C=O) groups is 2. The highest BCUT2D eigenvalue weighted by molar-refractivity contribution is 6.64. The normalized spacial score (nSPS) is 13.9. The summed E-state index contributed by atoms with van der Waals surface area (Å²) in [5, 5.41) is -0.391. The highest BCUT2D eigenvalue weighted by Crippen LogP contribution is 2.27. The molecule has 0 saturated heterocycles. The average molecular weight is 337 g/mol. The number of hydrogen-bond donors (Lipinski definition) is 0. The Morgan fingerprint density at radius 1 is 0.810 bits per heavy atom. The van der Waals surface area contributed by atoms with Crippen molar-refractivity contribution in [2.75, 3.05) is 0 Å². The van der Waals surface area contributed by atoms with Gasteiger partial charge in [0.2, 0.25) is 10.5 Å². The van der Waals surface area contributed by atoms with E-state index in [1.54, 1.807) is 0 Å². The Bertz CT molecular complexity index is 293. The van der Waals surface area contributed by atoms with Gasteiger partial charge in [-0.25, -0.2) is 0 Å². The maximum absolute atomic E-state index is 11.4. The van der Waals surface area contributed by atoms with E-state index >= 15 is 0 Å². The fraction of sp³-hybridized carbons (Fsp3) is 0.882. The summed E-state index contributed by atoms with van der Waals surface area (Å²) in [4.78, 5) is 22.0. The molecule has 0 fully saturated rings. The molecule has 2 nitrogen and oxygen atoms in total. The number of hydrogen-bond acceptors (Lipinski definition) is 2. The van der Waals surface area contributed by atoms with E-state index < -0.39 is 0 Å². The van der Waals surface area contributed by atoms with Crippen molar-refractivity contribution in [1.82, 2.24) is 0 Å². The molecule has 2 unspecified atom stereocenters. The third kappa shape index (κ3) is 11.2. The van der Waals surface area contributed by atoms with E-state index in [1.165, 1.54) is 32.1 Å². The first-order valence-corrected chi connectivity index (χ1v) is 9.16. The van der Waals surface area contributed by atoms with Gasteiger partial charge in [0.15, 0.2) is 0 Å². The fourth-order valence-corrected chi connectivity index (χ4v) is 3.39. The van der Waals surface area contributed by atoms with Gasteiger partial charge < -0.3 is 0 Å². The molecule has 124 valence electrons. The number of carbonyl (C=O) groups excluding carboxylic acids is 2. The summed E-state index contributed by atoms with van der Waals surface area (Å²) in [5.74, 6) is 0.472. The van der Waals surface area contributed by atoms with Gasteiger partial charge in [-0.1, -0.05) is 58.8 Å². The molecule has 0 spiro atoms. The maximum atomic E-state index is 11.4. The van der Waals surface area contributed by atoms with E-state index in [0.29, 0.717) is 12.3 Å². The molecule has 0 heterocycles. The summed E-state index contributed by atoms with van der Waals surface area (Å²) in [6.07, 6.45) is 11.5. The molecule has 0 aromatic rings. The first-order chi connectivity index (χ1) is 10.0. The molecule has 0 aromatic carbocycles. The van der Waals surface area contributed by atoms with Crippen molar-refractivity contribution in [2.24, 2.45) is 11.8 Å². The van der Waals surface area contributed by atoms with Crippen molar-refractivity contribution < 1.29 is 9.59 Å². The van der Waals surface area contributed by atoms with Crippen LogP contribution in [0.25, 0.3) is 0 Å². The summed E-state index contributed by atoms with van der Waals surface area (Å²) in [6.45, 7) is 4.19. The molecular formula is C17H30Cl2O2. The highest BCUT2D eigenvalue weighted by atomic mass is 35.5. The van der Waals surface area contributed by atoms with Gasteiger partial charge in [-0.15, -0.1) is 0 Å². The van der Waals surface area contributed by atoms with Crippen LogP contribution in [0.3, 0.4) is 0 Å². The van der Waals surface area contributed by atoms with Crippen molar-refractivity contribution in [3.05, 3.63) is 0 Å². The van der Waals surface area contributed by atoms with Gasteiger partial charge in [-0.2, -0.15) is 0 Å². The third-order valence-electron chi connectivity index (χ3n) is 4.27. The third-order valence-corrected chi connectivity index (χ3v) is 4.74. The quantitative estimate of drug-likeness (QED) is 0.284. The number of rotatable bonds is 14. The summed E-state index contributed by atoms with van der Waals surface area (Å²) < 4.78 is 0. The van der Waals surface area contributed by atoms with Crippen molar-refractivity contribution in [3.63, 3.8) is 0 Å². The Labute approximate surface area is 140 Å². The van der Waals surface area contributed by atoms with Crippen LogP contribution >= 0.6 is 23.2 Å². The molecule has 0 bridgehead atoms. The van der Waals surface area contributed by atoms with Gasteiger partial charge in [0, 0.05) is 12.3 Å². The minimum absolute atomic E-state index is 0.0322. The molecule has 0 radical (unpaired) electrons. The lowest BCUT2D eigenvalue weighted by molar-refractivity contribution is -0.117. The predicted molar refractivity (Wildman–Crippen MR) is 90.8 cm³/mol. The van der Waals surface area contributed by atoms with E-state index in [1.807, 2.05) is 6.92 Å². The van der Waals surface area contributed by atoms with Gasteiger partial charge in [0.1, 0.15) is 0 Å². The van der Waals surface area contributed by atoms with Gasteiger partial charge in [0.25, 0.3) is 0 Å². The monoisotopic (exact) mass is 336 g/mol. The predicted octanol–water partition coefficient (Wildman–Crippen LogP) is 6.08. The molecule has 4 heteroatoms. The molecule has 0 aliphatic heterocycles. The molecule has 0 aliphatic carbocycles. The summed E-state index contributed by atoms with van der Waals surface area (Å²) in [6, 6.07) is 0. The zero-order valence-electron chi connectivity index (χ0n) is 13.5. The average Bonchev–Trinajstić information content (AvgIpc) is 2.43. The lowest BCUT2D eigenvalue weighted by Gasteiger charge is -2.21. The molecule has 0 amide bonds.